The average molecular weight is 324 g/mol. The van der Waals surface area contributed by atoms with Gasteiger partial charge in [-0.3, -0.25) is 0 Å². The molecule has 0 spiro atoms. The fourth-order valence-electron chi connectivity index (χ4n) is 2.70. The van der Waals surface area contributed by atoms with Crippen LogP contribution in [-0.2, 0) is 6.61 Å². The number of aryl methyl sites for hydroxylation is 2. The van der Waals surface area contributed by atoms with Crippen LogP contribution in [0.1, 0.15) is 22.3 Å². The zero-order valence-electron chi connectivity index (χ0n) is 14.3. The van der Waals surface area contributed by atoms with Crippen molar-refractivity contribution in [2.75, 3.05) is 7.11 Å². The third kappa shape index (κ3) is 2.87. The molecule has 0 atom stereocenters. The molecule has 0 radical (unpaired) electrons. The molecule has 1 aromatic heterocycles. The minimum Gasteiger partial charge on any atom is -0.497 e. The first-order chi connectivity index (χ1) is 11.5. The van der Waals surface area contributed by atoms with Gasteiger partial charge in [0.25, 0.3) is 0 Å². The van der Waals surface area contributed by atoms with Crippen LogP contribution in [0.25, 0.3) is 11.0 Å². The molecule has 0 fully saturated rings. The zero-order chi connectivity index (χ0) is 17.3. The van der Waals surface area contributed by atoms with Crippen LogP contribution in [0.15, 0.2) is 45.6 Å². The lowest BCUT2D eigenvalue weighted by molar-refractivity contribution is 0.303. The van der Waals surface area contributed by atoms with E-state index >= 15 is 0 Å². The summed E-state index contributed by atoms with van der Waals surface area (Å²) in [5.41, 5.74) is 3.72. The lowest BCUT2D eigenvalue weighted by atomic mass is 10.0. The Balaban J connectivity index is 1.94. The molecule has 124 valence electrons. The molecule has 0 amide bonds. The third-order valence-electron chi connectivity index (χ3n) is 4.35. The number of hydrogen-bond donors (Lipinski definition) is 0. The molecule has 4 nitrogen and oxygen atoms in total. The highest BCUT2D eigenvalue weighted by atomic mass is 16.5. The van der Waals surface area contributed by atoms with Crippen LogP contribution < -0.4 is 15.1 Å². The molecule has 0 N–H and O–H groups in total. The van der Waals surface area contributed by atoms with Crippen molar-refractivity contribution >= 4 is 11.0 Å². The van der Waals surface area contributed by atoms with E-state index in [2.05, 4.69) is 0 Å². The fourth-order valence-corrected chi connectivity index (χ4v) is 2.70. The van der Waals surface area contributed by atoms with E-state index < -0.39 is 0 Å². The lowest BCUT2D eigenvalue weighted by Crippen LogP contribution is -2.07. The van der Waals surface area contributed by atoms with Crippen LogP contribution in [-0.4, -0.2) is 7.11 Å². The Morgan fingerprint density at radius 3 is 2.54 bits per heavy atom. The summed E-state index contributed by atoms with van der Waals surface area (Å²) in [6.07, 6.45) is 0. The molecule has 0 unspecified atom stereocenters. The van der Waals surface area contributed by atoms with E-state index in [0.717, 1.165) is 27.8 Å². The molecule has 0 bridgehead atoms. The molecule has 24 heavy (non-hydrogen) atoms. The first kappa shape index (κ1) is 16.1. The Labute approximate surface area is 140 Å². The van der Waals surface area contributed by atoms with Gasteiger partial charge in [0.05, 0.1) is 7.11 Å². The van der Waals surface area contributed by atoms with E-state index in [-0.39, 0.29) is 5.63 Å². The second-order valence-electron chi connectivity index (χ2n) is 5.85. The van der Waals surface area contributed by atoms with Crippen LogP contribution >= 0.6 is 0 Å². The van der Waals surface area contributed by atoms with Gasteiger partial charge in [0.15, 0.2) is 0 Å². The Kier molecular flexibility index (Phi) is 4.30. The summed E-state index contributed by atoms with van der Waals surface area (Å²) in [5, 5.41) is 0.943. The topological polar surface area (TPSA) is 48.7 Å². The van der Waals surface area contributed by atoms with Crippen molar-refractivity contribution in [1.82, 2.24) is 0 Å². The summed E-state index contributed by atoms with van der Waals surface area (Å²) >= 11 is 0. The number of hydrogen-bond acceptors (Lipinski definition) is 4. The van der Waals surface area contributed by atoms with E-state index in [4.69, 9.17) is 13.9 Å². The van der Waals surface area contributed by atoms with Crippen LogP contribution in [0.4, 0.5) is 0 Å². The van der Waals surface area contributed by atoms with Crippen LogP contribution in [0.3, 0.4) is 0 Å². The predicted octanol–water partition coefficient (Wildman–Crippen LogP) is 4.31. The smallest absolute Gasteiger partial charge is 0.339 e. The third-order valence-corrected chi connectivity index (χ3v) is 4.35. The van der Waals surface area contributed by atoms with E-state index in [1.165, 1.54) is 0 Å². The second-order valence-corrected chi connectivity index (χ2v) is 5.85. The maximum absolute atomic E-state index is 11.9. The van der Waals surface area contributed by atoms with Crippen molar-refractivity contribution in [3.05, 3.63) is 69.1 Å². The van der Waals surface area contributed by atoms with Gasteiger partial charge in [-0.1, -0.05) is 12.1 Å². The monoisotopic (exact) mass is 324 g/mol. The highest BCUT2D eigenvalue weighted by Crippen LogP contribution is 2.29. The summed E-state index contributed by atoms with van der Waals surface area (Å²) in [5.74, 6) is 1.50. The predicted molar refractivity (Wildman–Crippen MR) is 94.0 cm³/mol. The van der Waals surface area contributed by atoms with Crippen molar-refractivity contribution in [2.45, 2.75) is 27.4 Å². The number of rotatable bonds is 4. The quantitative estimate of drug-likeness (QED) is 0.671. The summed E-state index contributed by atoms with van der Waals surface area (Å²) in [6.45, 7) is 6.04. The maximum Gasteiger partial charge on any atom is 0.339 e. The molecule has 1 heterocycles. The SMILES string of the molecule is COc1cccc(COc2ccc3c(C)c(C)c(=O)oc3c2C)c1. The van der Waals surface area contributed by atoms with Crippen molar-refractivity contribution < 1.29 is 13.9 Å². The second kappa shape index (κ2) is 6.40. The van der Waals surface area contributed by atoms with Gasteiger partial charge in [-0.25, -0.2) is 4.79 Å². The molecule has 0 aliphatic heterocycles. The highest BCUT2D eigenvalue weighted by Gasteiger charge is 2.13. The van der Waals surface area contributed by atoms with Gasteiger partial charge in [0, 0.05) is 16.5 Å². The average Bonchev–Trinajstić information content (AvgIpc) is 2.60. The van der Waals surface area contributed by atoms with Crippen molar-refractivity contribution in [3.8, 4) is 11.5 Å². The largest absolute Gasteiger partial charge is 0.497 e. The van der Waals surface area contributed by atoms with Crippen LogP contribution in [0, 0.1) is 20.8 Å². The molecule has 0 aliphatic rings. The summed E-state index contributed by atoms with van der Waals surface area (Å²) in [6, 6.07) is 11.6. The molecule has 3 aromatic rings. The Bertz CT molecular complexity index is 954. The van der Waals surface area contributed by atoms with Crippen LogP contribution in [0.2, 0.25) is 0 Å². The van der Waals surface area contributed by atoms with Gasteiger partial charge in [-0.15, -0.1) is 0 Å². The van der Waals surface area contributed by atoms with E-state index in [1.807, 2.05) is 50.2 Å². The number of fused-ring (bicyclic) bond motifs is 1. The van der Waals surface area contributed by atoms with Crippen molar-refractivity contribution in [2.24, 2.45) is 0 Å². The fraction of sp³-hybridized carbons (Fsp3) is 0.250. The van der Waals surface area contributed by atoms with Gasteiger partial charge < -0.3 is 13.9 Å². The molecule has 3 rings (SSSR count). The first-order valence-corrected chi connectivity index (χ1v) is 7.80. The zero-order valence-corrected chi connectivity index (χ0v) is 14.3. The van der Waals surface area contributed by atoms with Gasteiger partial charge in [0.1, 0.15) is 23.7 Å². The van der Waals surface area contributed by atoms with Crippen LogP contribution in [0.5, 0.6) is 11.5 Å². The van der Waals surface area contributed by atoms with Crippen molar-refractivity contribution in [1.29, 1.82) is 0 Å². The van der Waals surface area contributed by atoms with E-state index in [0.29, 0.717) is 23.5 Å². The minimum absolute atomic E-state index is 0.298. The van der Waals surface area contributed by atoms with Crippen molar-refractivity contribution in [3.63, 3.8) is 0 Å². The van der Waals surface area contributed by atoms with E-state index in [1.54, 1.807) is 14.0 Å². The number of ether oxygens (including phenoxy) is 2. The van der Waals surface area contributed by atoms with Gasteiger partial charge in [-0.05, 0) is 56.2 Å². The maximum atomic E-state index is 11.9. The molecular formula is C20H20O4. The van der Waals surface area contributed by atoms with E-state index in [9.17, 15) is 4.79 Å². The van der Waals surface area contributed by atoms with Gasteiger partial charge in [-0.2, -0.15) is 0 Å². The molecule has 0 saturated heterocycles. The molecule has 0 aliphatic carbocycles. The summed E-state index contributed by atoms with van der Waals surface area (Å²) in [7, 11) is 1.64. The van der Waals surface area contributed by atoms with Gasteiger partial charge in [0.2, 0.25) is 0 Å². The normalized spacial score (nSPS) is 10.8. The summed E-state index contributed by atoms with van der Waals surface area (Å²) < 4.78 is 16.6. The number of benzene rings is 2. The Morgan fingerprint density at radius 2 is 1.79 bits per heavy atom. The molecule has 4 heteroatoms. The van der Waals surface area contributed by atoms with Gasteiger partial charge >= 0.3 is 5.63 Å². The first-order valence-electron chi connectivity index (χ1n) is 7.80. The molecular weight excluding hydrogens is 304 g/mol. The highest BCUT2D eigenvalue weighted by molar-refractivity contribution is 5.85. The minimum atomic E-state index is -0.298. The lowest BCUT2D eigenvalue weighted by Gasteiger charge is -2.12. The molecule has 2 aromatic carbocycles. The molecule has 0 saturated carbocycles. The summed E-state index contributed by atoms with van der Waals surface area (Å²) in [4.78, 5) is 11.9. The Morgan fingerprint density at radius 1 is 1.00 bits per heavy atom. The number of methoxy groups -OCH3 is 1. The Hall–Kier alpha value is -2.75. The standard InChI is InChI=1S/C20H20O4/c1-12-13(2)20(21)24-19-14(3)18(9-8-17(12)19)23-11-15-6-5-7-16(10-15)22-4/h5-10H,11H2,1-4H3.